The molecule has 0 amide bonds. The number of hydrogen-bond donors (Lipinski definition) is 1. The quantitative estimate of drug-likeness (QED) is 0.844. The molecule has 5 heteroatoms. The van der Waals surface area contributed by atoms with Crippen molar-refractivity contribution in [3.05, 3.63) is 29.1 Å². The van der Waals surface area contributed by atoms with E-state index in [1.54, 1.807) is 13.8 Å². The molecule has 1 aromatic rings. The lowest BCUT2D eigenvalue weighted by Crippen LogP contribution is -2.34. The third-order valence-electron chi connectivity index (χ3n) is 2.77. The molecule has 1 N–H and O–H groups in total. The number of benzene rings is 1. The molecule has 0 spiro atoms. The third kappa shape index (κ3) is 3.79. The van der Waals surface area contributed by atoms with Gasteiger partial charge in [0.25, 0.3) is 0 Å². The van der Waals surface area contributed by atoms with Gasteiger partial charge in [0.15, 0.2) is 0 Å². The van der Waals surface area contributed by atoms with Crippen molar-refractivity contribution >= 4 is 10.0 Å². The maximum atomic E-state index is 13.2. The van der Waals surface area contributed by atoms with Gasteiger partial charge >= 0.3 is 0 Å². The average Bonchev–Trinajstić information content (AvgIpc) is 2.25. The Hall–Kier alpha value is -1.38. The van der Waals surface area contributed by atoms with Gasteiger partial charge in [-0.2, -0.15) is 4.72 Å². The van der Waals surface area contributed by atoms with Crippen molar-refractivity contribution in [2.45, 2.75) is 44.6 Å². The predicted molar refractivity (Wildman–Crippen MR) is 73.7 cm³/mol. The van der Waals surface area contributed by atoms with Gasteiger partial charge in [-0.3, -0.25) is 0 Å². The molecule has 0 fully saturated rings. The van der Waals surface area contributed by atoms with Crippen LogP contribution in [0.3, 0.4) is 0 Å². The second kappa shape index (κ2) is 6.18. The van der Waals surface area contributed by atoms with Crippen molar-refractivity contribution in [2.75, 3.05) is 0 Å². The summed E-state index contributed by atoms with van der Waals surface area (Å²) in [5.74, 6) is 1.97. The lowest BCUT2D eigenvalue weighted by atomic mass is 10.1. The molecular formula is C14H18FNO2S. The highest BCUT2D eigenvalue weighted by Crippen LogP contribution is 2.21. The van der Waals surface area contributed by atoms with E-state index in [9.17, 15) is 12.8 Å². The molecule has 0 aliphatic heterocycles. The van der Waals surface area contributed by atoms with Crippen molar-refractivity contribution in [3.8, 4) is 12.3 Å². The van der Waals surface area contributed by atoms with E-state index in [1.165, 1.54) is 12.1 Å². The molecule has 0 radical (unpaired) electrons. The Labute approximate surface area is 114 Å². The van der Waals surface area contributed by atoms with Crippen molar-refractivity contribution in [1.82, 2.24) is 4.72 Å². The van der Waals surface area contributed by atoms with Crippen molar-refractivity contribution in [2.24, 2.45) is 0 Å². The molecule has 0 aromatic heterocycles. The van der Waals surface area contributed by atoms with Gasteiger partial charge < -0.3 is 0 Å². The van der Waals surface area contributed by atoms with Crippen LogP contribution in [0, 0.1) is 32.0 Å². The van der Waals surface area contributed by atoms with Crippen LogP contribution in [0.25, 0.3) is 0 Å². The van der Waals surface area contributed by atoms with Gasteiger partial charge in [0.1, 0.15) is 5.82 Å². The number of terminal acetylenes is 1. The second-order valence-electron chi connectivity index (χ2n) is 4.50. The summed E-state index contributed by atoms with van der Waals surface area (Å²) >= 11 is 0. The Morgan fingerprint density at radius 2 is 1.89 bits per heavy atom. The second-order valence-corrected chi connectivity index (χ2v) is 6.15. The average molecular weight is 283 g/mol. The van der Waals surface area contributed by atoms with Crippen LogP contribution in [0.1, 0.15) is 30.9 Å². The lowest BCUT2D eigenvalue weighted by Gasteiger charge is -2.16. The molecule has 1 rings (SSSR count). The smallest absolute Gasteiger partial charge is 0.207 e. The molecule has 104 valence electrons. The topological polar surface area (TPSA) is 46.2 Å². The zero-order valence-electron chi connectivity index (χ0n) is 11.3. The fourth-order valence-electron chi connectivity index (χ4n) is 2.03. The summed E-state index contributed by atoms with van der Waals surface area (Å²) in [7, 11) is -3.73. The van der Waals surface area contributed by atoms with Crippen molar-refractivity contribution < 1.29 is 12.8 Å². The van der Waals surface area contributed by atoms with Crippen LogP contribution in [0.15, 0.2) is 17.0 Å². The molecule has 0 saturated heterocycles. The van der Waals surface area contributed by atoms with Crippen LogP contribution >= 0.6 is 0 Å². The summed E-state index contributed by atoms with van der Waals surface area (Å²) in [5.41, 5.74) is 0.745. The van der Waals surface area contributed by atoms with Gasteiger partial charge in [-0.05, 0) is 43.5 Å². The first-order valence-electron chi connectivity index (χ1n) is 6.07. The normalized spacial score (nSPS) is 13.0. The molecule has 0 aliphatic carbocycles. The summed E-state index contributed by atoms with van der Waals surface area (Å²) in [6.07, 6.45) is 6.65. The Morgan fingerprint density at radius 3 is 2.32 bits per heavy atom. The maximum Gasteiger partial charge on any atom is 0.242 e. The lowest BCUT2D eigenvalue weighted by molar-refractivity contribution is 0.562. The summed E-state index contributed by atoms with van der Waals surface area (Å²) in [5, 5.41) is 0. The van der Waals surface area contributed by atoms with E-state index in [1.807, 2.05) is 6.92 Å². The SMILES string of the molecule is C#CC(CCC)NS(=O)(=O)c1c(C)cc(F)cc1C. The van der Waals surface area contributed by atoms with Crippen LogP contribution < -0.4 is 4.72 Å². The highest BCUT2D eigenvalue weighted by molar-refractivity contribution is 7.89. The zero-order valence-corrected chi connectivity index (χ0v) is 12.1. The molecule has 1 atom stereocenters. The first kappa shape index (κ1) is 15.7. The molecular weight excluding hydrogens is 265 g/mol. The van der Waals surface area contributed by atoms with Crippen molar-refractivity contribution in [1.29, 1.82) is 0 Å². The van der Waals surface area contributed by atoms with Crippen LogP contribution in [-0.2, 0) is 10.0 Å². The van der Waals surface area contributed by atoms with E-state index in [0.717, 1.165) is 6.42 Å². The third-order valence-corrected chi connectivity index (χ3v) is 4.55. The highest BCUT2D eigenvalue weighted by Gasteiger charge is 2.22. The van der Waals surface area contributed by atoms with E-state index in [2.05, 4.69) is 10.6 Å². The largest absolute Gasteiger partial charge is 0.242 e. The van der Waals surface area contributed by atoms with Crippen LogP contribution in [-0.4, -0.2) is 14.5 Å². The molecule has 0 saturated carbocycles. The van der Waals surface area contributed by atoms with E-state index < -0.39 is 21.9 Å². The molecule has 19 heavy (non-hydrogen) atoms. The zero-order chi connectivity index (χ0) is 14.6. The number of rotatable bonds is 5. The Kier molecular flexibility index (Phi) is 5.10. The van der Waals surface area contributed by atoms with Gasteiger partial charge in [0, 0.05) is 0 Å². The monoisotopic (exact) mass is 283 g/mol. The Balaban J connectivity index is 3.18. The van der Waals surface area contributed by atoms with Crippen LogP contribution in [0.4, 0.5) is 4.39 Å². The van der Waals surface area contributed by atoms with Gasteiger partial charge in [0.05, 0.1) is 10.9 Å². The standard InChI is InChI=1S/C14H18FNO2S/c1-5-7-13(6-2)16-19(17,18)14-10(3)8-12(15)9-11(14)4/h2,8-9,13,16H,5,7H2,1,3-4H3. The molecule has 1 unspecified atom stereocenters. The van der Waals surface area contributed by atoms with Gasteiger partial charge in [0.2, 0.25) is 10.0 Å². The predicted octanol–water partition coefficient (Wildman–Crippen LogP) is 2.52. The van der Waals surface area contributed by atoms with Crippen LogP contribution in [0.5, 0.6) is 0 Å². The molecule has 0 aliphatic rings. The van der Waals surface area contributed by atoms with Crippen molar-refractivity contribution in [3.63, 3.8) is 0 Å². The number of aryl methyl sites for hydroxylation is 2. The number of sulfonamides is 1. The minimum Gasteiger partial charge on any atom is -0.207 e. The van der Waals surface area contributed by atoms with Gasteiger partial charge in [-0.1, -0.05) is 19.3 Å². The minimum atomic E-state index is -3.73. The number of hydrogen-bond acceptors (Lipinski definition) is 2. The van der Waals surface area contributed by atoms with E-state index in [-0.39, 0.29) is 4.90 Å². The summed E-state index contributed by atoms with van der Waals surface area (Å²) < 4.78 is 40.3. The highest BCUT2D eigenvalue weighted by atomic mass is 32.2. The fraction of sp³-hybridized carbons (Fsp3) is 0.429. The Morgan fingerprint density at radius 1 is 1.37 bits per heavy atom. The van der Waals surface area contributed by atoms with E-state index in [4.69, 9.17) is 6.42 Å². The molecule has 3 nitrogen and oxygen atoms in total. The minimum absolute atomic E-state index is 0.102. The molecule has 1 aromatic carbocycles. The summed E-state index contributed by atoms with van der Waals surface area (Å²) in [6, 6.07) is 1.86. The maximum absolute atomic E-state index is 13.2. The first-order chi connectivity index (χ1) is 8.81. The van der Waals surface area contributed by atoms with E-state index >= 15 is 0 Å². The Bertz CT molecular complexity index is 579. The van der Waals surface area contributed by atoms with Crippen LogP contribution in [0.2, 0.25) is 0 Å². The number of halogens is 1. The van der Waals surface area contributed by atoms with Gasteiger partial charge in [-0.15, -0.1) is 6.42 Å². The van der Waals surface area contributed by atoms with E-state index in [0.29, 0.717) is 17.5 Å². The van der Waals surface area contributed by atoms with Gasteiger partial charge in [-0.25, -0.2) is 12.8 Å². The fourth-order valence-corrected chi connectivity index (χ4v) is 3.68. The first-order valence-corrected chi connectivity index (χ1v) is 7.55. The summed E-state index contributed by atoms with van der Waals surface area (Å²) in [6.45, 7) is 5.05. The molecule has 0 heterocycles. The number of nitrogens with one attached hydrogen (secondary N) is 1. The summed E-state index contributed by atoms with van der Waals surface area (Å²) in [4.78, 5) is 0.102. The molecule has 0 bridgehead atoms.